The maximum absolute atomic E-state index is 11.9. The van der Waals surface area contributed by atoms with E-state index in [1.165, 1.54) is 24.0 Å². The molecule has 3 nitrogen and oxygen atoms in total. The largest absolute Gasteiger partial charge is 0.457 e. The summed E-state index contributed by atoms with van der Waals surface area (Å²) in [5.41, 5.74) is 1.91. The second-order valence-corrected chi connectivity index (χ2v) is 7.99. The van der Waals surface area contributed by atoms with Gasteiger partial charge < -0.3 is 9.47 Å². The van der Waals surface area contributed by atoms with Crippen LogP contribution in [0.2, 0.25) is 0 Å². The predicted molar refractivity (Wildman–Crippen MR) is 92.7 cm³/mol. The summed E-state index contributed by atoms with van der Waals surface area (Å²) in [5.74, 6) is 2.29. The van der Waals surface area contributed by atoms with Gasteiger partial charge in [0.15, 0.2) is 0 Å². The number of para-hydroxylation sites is 1. The van der Waals surface area contributed by atoms with Gasteiger partial charge in [-0.15, -0.1) is 0 Å². The highest BCUT2D eigenvalue weighted by Crippen LogP contribution is 2.46. The van der Waals surface area contributed by atoms with E-state index in [0.29, 0.717) is 11.8 Å². The van der Waals surface area contributed by atoms with Crippen LogP contribution in [0.15, 0.2) is 18.2 Å². The Hall–Kier alpha value is -1.51. The van der Waals surface area contributed by atoms with Crippen molar-refractivity contribution < 1.29 is 14.3 Å². The molecule has 0 N–H and O–H groups in total. The molecule has 23 heavy (non-hydrogen) atoms. The van der Waals surface area contributed by atoms with Gasteiger partial charge in [0.05, 0.1) is 5.41 Å². The quantitative estimate of drug-likeness (QED) is 0.531. The lowest BCUT2D eigenvalue weighted by atomic mass is 9.90. The van der Waals surface area contributed by atoms with Crippen molar-refractivity contribution in [2.24, 2.45) is 11.3 Å². The molecule has 1 aliphatic carbocycles. The Kier molecular flexibility index (Phi) is 5.38. The third-order valence-electron chi connectivity index (χ3n) is 4.52. The normalized spacial score (nSPS) is 16.3. The summed E-state index contributed by atoms with van der Waals surface area (Å²) in [6.45, 7) is 12.1. The zero-order chi connectivity index (χ0) is 17.2. The minimum Gasteiger partial charge on any atom is -0.457 e. The summed E-state index contributed by atoms with van der Waals surface area (Å²) >= 11 is 0. The Morgan fingerprint density at radius 1 is 1.17 bits per heavy atom. The highest BCUT2D eigenvalue weighted by molar-refractivity contribution is 5.75. The van der Waals surface area contributed by atoms with E-state index in [9.17, 15) is 4.79 Å². The summed E-state index contributed by atoms with van der Waals surface area (Å²) < 4.78 is 11.2. The Morgan fingerprint density at radius 2 is 1.78 bits per heavy atom. The summed E-state index contributed by atoms with van der Waals surface area (Å²) in [6.07, 6.45) is 2.59. The molecule has 3 heteroatoms. The van der Waals surface area contributed by atoms with Crippen LogP contribution in [0, 0.1) is 11.3 Å². The number of benzene rings is 1. The SMILES string of the molecule is CC(C)c1cccc([C@H](C)C2CC2)c1OCOC(=O)C(C)(C)C. The van der Waals surface area contributed by atoms with Gasteiger partial charge in [0.25, 0.3) is 0 Å². The Morgan fingerprint density at radius 3 is 2.30 bits per heavy atom. The van der Waals surface area contributed by atoms with Crippen molar-refractivity contribution in [3.8, 4) is 5.75 Å². The van der Waals surface area contributed by atoms with E-state index in [0.717, 1.165) is 11.7 Å². The molecule has 0 radical (unpaired) electrons. The fourth-order valence-electron chi connectivity index (χ4n) is 2.76. The van der Waals surface area contributed by atoms with E-state index in [2.05, 4.69) is 39.0 Å². The third-order valence-corrected chi connectivity index (χ3v) is 4.52. The summed E-state index contributed by atoms with van der Waals surface area (Å²) in [6, 6.07) is 6.36. The van der Waals surface area contributed by atoms with E-state index in [4.69, 9.17) is 9.47 Å². The maximum atomic E-state index is 11.9. The molecule has 0 amide bonds. The molecule has 1 aliphatic rings. The van der Waals surface area contributed by atoms with Crippen LogP contribution in [0.4, 0.5) is 0 Å². The highest BCUT2D eigenvalue weighted by atomic mass is 16.7. The van der Waals surface area contributed by atoms with Gasteiger partial charge in [-0.3, -0.25) is 4.79 Å². The minimum absolute atomic E-state index is 0.0236. The summed E-state index contributed by atoms with van der Waals surface area (Å²) in [7, 11) is 0. The first-order chi connectivity index (χ1) is 10.7. The molecular weight excluding hydrogens is 288 g/mol. The van der Waals surface area contributed by atoms with Crippen molar-refractivity contribution in [3.05, 3.63) is 29.3 Å². The van der Waals surface area contributed by atoms with Gasteiger partial charge in [-0.05, 0) is 62.5 Å². The van der Waals surface area contributed by atoms with Gasteiger partial charge in [0.2, 0.25) is 6.79 Å². The van der Waals surface area contributed by atoms with Gasteiger partial charge >= 0.3 is 5.97 Å². The van der Waals surface area contributed by atoms with Crippen molar-refractivity contribution >= 4 is 5.97 Å². The zero-order valence-corrected chi connectivity index (χ0v) is 15.3. The fraction of sp³-hybridized carbons (Fsp3) is 0.650. The molecule has 1 aromatic carbocycles. The Balaban J connectivity index is 2.16. The van der Waals surface area contributed by atoms with E-state index in [-0.39, 0.29) is 12.8 Å². The molecule has 0 bridgehead atoms. The molecule has 0 aliphatic heterocycles. The first-order valence-corrected chi connectivity index (χ1v) is 8.64. The highest BCUT2D eigenvalue weighted by Gasteiger charge is 2.31. The number of hydrogen-bond acceptors (Lipinski definition) is 3. The lowest BCUT2D eigenvalue weighted by Gasteiger charge is -2.22. The number of rotatable bonds is 6. The van der Waals surface area contributed by atoms with Crippen LogP contribution < -0.4 is 4.74 Å². The second kappa shape index (κ2) is 6.94. The maximum Gasteiger partial charge on any atom is 0.314 e. The molecule has 0 heterocycles. The van der Waals surface area contributed by atoms with Crippen molar-refractivity contribution in [2.45, 2.75) is 66.2 Å². The van der Waals surface area contributed by atoms with E-state index in [1.807, 2.05) is 20.8 Å². The molecule has 0 aromatic heterocycles. The second-order valence-electron chi connectivity index (χ2n) is 7.99. The smallest absolute Gasteiger partial charge is 0.314 e. The number of carbonyl (C=O) groups excluding carboxylic acids is 1. The van der Waals surface area contributed by atoms with Gasteiger partial charge in [0.1, 0.15) is 5.75 Å². The number of hydrogen-bond donors (Lipinski definition) is 0. The summed E-state index contributed by atoms with van der Waals surface area (Å²) in [4.78, 5) is 11.9. The molecule has 0 saturated heterocycles. The van der Waals surface area contributed by atoms with E-state index in [1.54, 1.807) is 0 Å². The van der Waals surface area contributed by atoms with Crippen molar-refractivity contribution in [2.75, 3.05) is 6.79 Å². The van der Waals surface area contributed by atoms with Crippen molar-refractivity contribution in [1.29, 1.82) is 0 Å². The average molecular weight is 318 g/mol. The summed E-state index contributed by atoms with van der Waals surface area (Å²) in [5, 5.41) is 0. The van der Waals surface area contributed by atoms with Crippen LogP contribution in [-0.2, 0) is 9.53 Å². The van der Waals surface area contributed by atoms with E-state index >= 15 is 0 Å². The van der Waals surface area contributed by atoms with Gasteiger partial charge in [-0.1, -0.05) is 39.0 Å². The molecule has 1 fully saturated rings. The molecule has 0 spiro atoms. The monoisotopic (exact) mass is 318 g/mol. The van der Waals surface area contributed by atoms with Crippen LogP contribution >= 0.6 is 0 Å². The van der Waals surface area contributed by atoms with E-state index < -0.39 is 5.41 Å². The number of esters is 1. The zero-order valence-electron chi connectivity index (χ0n) is 15.3. The van der Waals surface area contributed by atoms with Crippen LogP contribution in [0.5, 0.6) is 5.75 Å². The van der Waals surface area contributed by atoms with Crippen molar-refractivity contribution in [1.82, 2.24) is 0 Å². The molecule has 128 valence electrons. The lowest BCUT2D eigenvalue weighted by molar-refractivity contribution is -0.159. The third kappa shape index (κ3) is 4.49. The minimum atomic E-state index is -0.509. The molecule has 0 unspecified atom stereocenters. The molecule has 1 aromatic rings. The van der Waals surface area contributed by atoms with Crippen LogP contribution in [0.1, 0.15) is 77.3 Å². The van der Waals surface area contributed by atoms with Crippen LogP contribution in [0.25, 0.3) is 0 Å². The molecule has 1 atom stereocenters. The molecule has 1 saturated carbocycles. The first-order valence-electron chi connectivity index (χ1n) is 8.64. The van der Waals surface area contributed by atoms with Crippen LogP contribution in [0.3, 0.4) is 0 Å². The first kappa shape index (κ1) is 17.8. The Bertz CT molecular complexity index is 550. The molecular formula is C20H30O3. The molecule has 2 rings (SSSR count). The Labute approximate surface area is 140 Å². The van der Waals surface area contributed by atoms with Gasteiger partial charge in [-0.2, -0.15) is 0 Å². The predicted octanol–water partition coefficient (Wildman–Crippen LogP) is 5.25. The van der Waals surface area contributed by atoms with Gasteiger partial charge in [-0.25, -0.2) is 0 Å². The standard InChI is InChI=1S/C20H30O3/c1-13(2)16-8-7-9-17(14(3)15-10-11-15)18(16)22-12-23-19(21)20(4,5)6/h7-9,13-15H,10-12H2,1-6H3/t14-/m1/s1. The number of carbonyl (C=O) groups is 1. The van der Waals surface area contributed by atoms with Crippen LogP contribution in [-0.4, -0.2) is 12.8 Å². The number of ether oxygens (including phenoxy) is 2. The topological polar surface area (TPSA) is 35.5 Å². The average Bonchev–Trinajstić information content (AvgIpc) is 3.29. The van der Waals surface area contributed by atoms with Crippen molar-refractivity contribution in [3.63, 3.8) is 0 Å². The van der Waals surface area contributed by atoms with Gasteiger partial charge in [0, 0.05) is 0 Å². The lowest BCUT2D eigenvalue weighted by Crippen LogP contribution is -2.25. The fourth-order valence-corrected chi connectivity index (χ4v) is 2.76.